The Morgan fingerprint density at radius 2 is 2.11 bits per heavy atom. The summed E-state index contributed by atoms with van der Waals surface area (Å²) in [7, 11) is 0. The molecule has 1 aromatic rings. The van der Waals surface area contributed by atoms with Gasteiger partial charge in [0.25, 0.3) is 5.91 Å². The van der Waals surface area contributed by atoms with Crippen LogP contribution in [0.5, 0.6) is 0 Å². The van der Waals surface area contributed by atoms with Gasteiger partial charge in [0.1, 0.15) is 0 Å². The molecule has 5 heteroatoms. The van der Waals surface area contributed by atoms with Gasteiger partial charge in [-0.1, -0.05) is 40.4 Å². The van der Waals surface area contributed by atoms with E-state index < -0.39 is 0 Å². The minimum Gasteiger partial charge on any atom is -0.334 e. The number of benzene rings is 1. The number of alkyl halides is 1. The molecular formula is C14H16BrCl2NO. The van der Waals surface area contributed by atoms with Crippen LogP contribution < -0.4 is 0 Å². The summed E-state index contributed by atoms with van der Waals surface area (Å²) in [6.07, 6.45) is 4.33. The molecule has 1 saturated heterocycles. The maximum absolute atomic E-state index is 12.6. The van der Waals surface area contributed by atoms with Crippen LogP contribution in [0.4, 0.5) is 0 Å². The normalized spacial score (nSPS) is 20.2. The van der Waals surface area contributed by atoms with Crippen LogP contribution in [0.25, 0.3) is 0 Å². The Morgan fingerprint density at radius 3 is 2.79 bits per heavy atom. The number of carbonyl (C=O) groups is 1. The predicted molar refractivity (Wildman–Crippen MR) is 83.2 cm³/mol. The molecule has 2 nitrogen and oxygen atoms in total. The largest absolute Gasteiger partial charge is 0.334 e. The van der Waals surface area contributed by atoms with Crippen LogP contribution in [0.2, 0.25) is 5.02 Å². The fourth-order valence-corrected chi connectivity index (χ4v) is 3.63. The van der Waals surface area contributed by atoms with E-state index in [2.05, 4.69) is 15.9 Å². The Bertz CT molecular complexity index is 447. The van der Waals surface area contributed by atoms with Crippen LogP contribution in [0.15, 0.2) is 22.7 Å². The van der Waals surface area contributed by atoms with Gasteiger partial charge in [0.05, 0.1) is 0 Å². The highest BCUT2D eigenvalue weighted by molar-refractivity contribution is 9.10. The molecule has 0 radical (unpaired) electrons. The van der Waals surface area contributed by atoms with E-state index in [-0.39, 0.29) is 11.9 Å². The van der Waals surface area contributed by atoms with Crippen molar-refractivity contribution >= 4 is 45.0 Å². The highest BCUT2D eigenvalue weighted by Crippen LogP contribution is 2.24. The molecule has 0 aliphatic carbocycles. The van der Waals surface area contributed by atoms with Gasteiger partial charge in [-0.25, -0.2) is 0 Å². The topological polar surface area (TPSA) is 20.3 Å². The molecule has 1 heterocycles. The summed E-state index contributed by atoms with van der Waals surface area (Å²) in [5, 5.41) is 0.565. The zero-order valence-electron chi connectivity index (χ0n) is 10.5. The molecule has 1 unspecified atom stereocenters. The van der Waals surface area contributed by atoms with Gasteiger partial charge in [-0.2, -0.15) is 0 Å². The third-order valence-electron chi connectivity index (χ3n) is 3.43. The van der Waals surface area contributed by atoms with Crippen molar-refractivity contribution in [3.8, 4) is 0 Å². The molecule has 0 saturated carbocycles. The maximum Gasteiger partial charge on any atom is 0.254 e. The van der Waals surface area contributed by atoms with Crippen molar-refractivity contribution in [2.75, 3.05) is 12.4 Å². The van der Waals surface area contributed by atoms with Crippen molar-refractivity contribution in [3.63, 3.8) is 0 Å². The first-order valence-electron chi connectivity index (χ1n) is 6.45. The number of nitrogens with zero attached hydrogens (tertiary/aromatic N) is 1. The van der Waals surface area contributed by atoms with E-state index in [1.165, 1.54) is 0 Å². The van der Waals surface area contributed by atoms with Gasteiger partial charge in [-0.05, 0) is 31.0 Å². The molecule has 1 aliphatic heterocycles. The summed E-state index contributed by atoms with van der Waals surface area (Å²) < 4.78 is 0.820. The van der Waals surface area contributed by atoms with Crippen LogP contribution in [0.1, 0.15) is 36.0 Å². The number of halogens is 3. The number of hydrogen-bond acceptors (Lipinski definition) is 1. The van der Waals surface area contributed by atoms with Gasteiger partial charge in [-0.3, -0.25) is 4.79 Å². The lowest BCUT2D eigenvalue weighted by Gasteiger charge is -2.28. The molecule has 1 amide bonds. The molecule has 19 heavy (non-hydrogen) atoms. The first-order chi connectivity index (χ1) is 9.11. The lowest BCUT2D eigenvalue weighted by molar-refractivity contribution is 0.0700. The molecule has 0 bridgehead atoms. The monoisotopic (exact) mass is 363 g/mol. The number of rotatable bonds is 2. The van der Waals surface area contributed by atoms with Crippen molar-refractivity contribution in [2.24, 2.45) is 0 Å². The third kappa shape index (κ3) is 3.87. The SMILES string of the molecule is O=C(c1cc(Cl)cc(Br)c1)N1CCCCCC1CCl. The average Bonchev–Trinajstić information content (AvgIpc) is 2.61. The highest BCUT2D eigenvalue weighted by Gasteiger charge is 2.25. The van der Waals surface area contributed by atoms with Crippen LogP contribution in [0, 0.1) is 0 Å². The first-order valence-corrected chi connectivity index (χ1v) is 8.15. The van der Waals surface area contributed by atoms with Gasteiger partial charge in [0, 0.05) is 33.5 Å². The summed E-state index contributed by atoms with van der Waals surface area (Å²) in [5.41, 5.74) is 0.622. The lowest BCUT2D eigenvalue weighted by Crippen LogP contribution is -2.41. The van der Waals surface area contributed by atoms with Crippen LogP contribution in [-0.4, -0.2) is 29.3 Å². The Labute approximate surface area is 132 Å². The summed E-state index contributed by atoms with van der Waals surface area (Å²) in [6.45, 7) is 0.778. The number of hydrogen-bond donors (Lipinski definition) is 0. The van der Waals surface area contributed by atoms with Gasteiger partial charge in [0.2, 0.25) is 0 Å². The van der Waals surface area contributed by atoms with E-state index in [9.17, 15) is 4.79 Å². The van der Waals surface area contributed by atoms with Gasteiger partial charge >= 0.3 is 0 Å². The summed E-state index contributed by atoms with van der Waals surface area (Å²) in [4.78, 5) is 14.5. The minimum absolute atomic E-state index is 0.0238. The zero-order chi connectivity index (χ0) is 13.8. The summed E-state index contributed by atoms with van der Waals surface area (Å²) in [6, 6.07) is 5.43. The summed E-state index contributed by atoms with van der Waals surface area (Å²) >= 11 is 15.4. The van der Waals surface area contributed by atoms with E-state index in [4.69, 9.17) is 23.2 Å². The minimum atomic E-state index is 0.0238. The molecular weight excluding hydrogens is 349 g/mol. The fourth-order valence-electron chi connectivity index (χ4n) is 2.45. The van der Waals surface area contributed by atoms with Crippen molar-refractivity contribution in [1.29, 1.82) is 0 Å². The van der Waals surface area contributed by atoms with Crippen molar-refractivity contribution in [2.45, 2.75) is 31.7 Å². The molecule has 1 fully saturated rings. The molecule has 0 spiro atoms. The standard InChI is InChI=1S/C14H16BrCl2NO/c15-11-6-10(7-12(17)8-11)14(19)18-5-3-1-2-4-13(18)9-16/h6-8,13H,1-5,9H2. The lowest BCUT2D eigenvalue weighted by atomic mass is 10.1. The van der Waals surface area contributed by atoms with Crippen molar-refractivity contribution < 1.29 is 4.79 Å². The van der Waals surface area contributed by atoms with E-state index in [0.29, 0.717) is 16.5 Å². The Morgan fingerprint density at radius 1 is 1.32 bits per heavy atom. The molecule has 1 aliphatic rings. The van der Waals surface area contributed by atoms with Crippen molar-refractivity contribution in [1.82, 2.24) is 4.90 Å². The van der Waals surface area contributed by atoms with E-state index in [1.54, 1.807) is 12.1 Å². The number of likely N-dealkylation sites (tertiary alicyclic amines) is 1. The second kappa shape index (κ2) is 6.96. The summed E-state index contributed by atoms with van der Waals surface area (Å²) in [5.74, 6) is 0.517. The van der Waals surface area contributed by atoms with Crippen molar-refractivity contribution in [3.05, 3.63) is 33.3 Å². The molecule has 104 valence electrons. The van der Waals surface area contributed by atoms with Crippen LogP contribution in [-0.2, 0) is 0 Å². The number of carbonyl (C=O) groups excluding carboxylic acids is 1. The highest BCUT2D eigenvalue weighted by atomic mass is 79.9. The second-order valence-electron chi connectivity index (χ2n) is 4.81. The molecule has 1 atom stereocenters. The van der Waals surface area contributed by atoms with Gasteiger partial charge in [0.15, 0.2) is 0 Å². The quantitative estimate of drug-likeness (QED) is 0.695. The van der Waals surface area contributed by atoms with E-state index in [1.807, 2.05) is 11.0 Å². The Balaban J connectivity index is 2.25. The first kappa shape index (κ1) is 15.1. The second-order valence-corrected chi connectivity index (χ2v) is 6.47. The van der Waals surface area contributed by atoms with Crippen LogP contribution in [0.3, 0.4) is 0 Å². The molecule has 2 rings (SSSR count). The Hall–Kier alpha value is -0.250. The average molecular weight is 365 g/mol. The fraction of sp³-hybridized carbons (Fsp3) is 0.500. The van der Waals surface area contributed by atoms with E-state index >= 15 is 0 Å². The predicted octanol–water partition coefficient (Wildman–Crippen LogP) is 4.73. The van der Waals surface area contributed by atoms with Gasteiger partial charge in [-0.15, -0.1) is 11.6 Å². The maximum atomic E-state index is 12.6. The van der Waals surface area contributed by atoms with Gasteiger partial charge < -0.3 is 4.90 Å². The third-order valence-corrected chi connectivity index (χ3v) is 4.46. The Kier molecular flexibility index (Phi) is 5.55. The number of amides is 1. The molecule has 0 N–H and O–H groups in total. The molecule has 1 aromatic carbocycles. The van der Waals surface area contributed by atoms with Crippen LogP contribution >= 0.6 is 39.1 Å². The smallest absolute Gasteiger partial charge is 0.254 e. The zero-order valence-corrected chi connectivity index (χ0v) is 13.6. The molecule has 0 aromatic heterocycles. The van der Waals surface area contributed by atoms with E-state index in [0.717, 1.165) is 36.7 Å².